The Morgan fingerprint density at radius 3 is 2.71 bits per heavy atom. The van der Waals surface area contributed by atoms with Crippen LogP contribution in [0.25, 0.3) is 0 Å². The Morgan fingerprint density at radius 1 is 1.41 bits per heavy atom. The van der Waals surface area contributed by atoms with Gasteiger partial charge in [-0.3, -0.25) is 0 Å². The predicted molar refractivity (Wildman–Crippen MR) is 59.6 cm³/mol. The molecule has 5 nitrogen and oxygen atoms in total. The highest BCUT2D eigenvalue weighted by atomic mass is 32.2. The summed E-state index contributed by atoms with van der Waals surface area (Å²) < 4.78 is 36.5. The molecule has 1 aliphatic rings. The summed E-state index contributed by atoms with van der Waals surface area (Å²) in [4.78, 5) is 7.04. The lowest BCUT2D eigenvalue weighted by Gasteiger charge is -2.21. The highest BCUT2D eigenvalue weighted by Gasteiger charge is 2.24. The van der Waals surface area contributed by atoms with Crippen molar-refractivity contribution in [1.29, 1.82) is 0 Å². The van der Waals surface area contributed by atoms with Crippen LogP contribution in [0.4, 0.5) is 4.39 Å². The van der Waals surface area contributed by atoms with Crippen molar-refractivity contribution in [2.75, 3.05) is 18.8 Å². The minimum absolute atomic E-state index is 0.0195. The van der Waals surface area contributed by atoms with Gasteiger partial charge < -0.3 is 5.32 Å². The quantitative estimate of drug-likeness (QED) is 0.795. The minimum atomic E-state index is -3.51. The standard InChI is InChI=1S/C10H14FN3O2S/c11-9-5-13-10(14-6-9)17(15,16)7-8-2-1-3-12-4-8/h5-6,8,12H,1-4,7H2/t8-/m1/s1. The lowest BCUT2D eigenvalue weighted by atomic mass is 10.0. The van der Waals surface area contributed by atoms with Gasteiger partial charge in [0.25, 0.3) is 0 Å². The Balaban J connectivity index is 2.10. The summed E-state index contributed by atoms with van der Waals surface area (Å²) in [5, 5.41) is 2.87. The van der Waals surface area contributed by atoms with Gasteiger partial charge in [0.15, 0.2) is 5.82 Å². The van der Waals surface area contributed by atoms with E-state index in [4.69, 9.17) is 0 Å². The van der Waals surface area contributed by atoms with Crippen LogP contribution in [0.3, 0.4) is 0 Å². The largest absolute Gasteiger partial charge is 0.316 e. The van der Waals surface area contributed by atoms with Crippen molar-refractivity contribution < 1.29 is 12.8 Å². The summed E-state index contributed by atoms with van der Waals surface area (Å²) in [5.74, 6) is -0.531. The first kappa shape index (κ1) is 12.4. The van der Waals surface area contributed by atoms with Crippen LogP contribution in [-0.2, 0) is 9.84 Å². The lowest BCUT2D eigenvalue weighted by molar-refractivity contribution is 0.403. The number of sulfone groups is 1. The fourth-order valence-electron chi connectivity index (χ4n) is 1.91. The Morgan fingerprint density at radius 2 is 2.12 bits per heavy atom. The van der Waals surface area contributed by atoms with E-state index in [1.807, 2.05) is 0 Å². The molecular formula is C10H14FN3O2S. The van der Waals surface area contributed by atoms with Gasteiger partial charge in [-0.25, -0.2) is 22.8 Å². The zero-order valence-electron chi connectivity index (χ0n) is 9.26. The summed E-state index contributed by atoms with van der Waals surface area (Å²) in [6, 6.07) is 0. The summed E-state index contributed by atoms with van der Waals surface area (Å²) in [6.45, 7) is 1.63. The van der Waals surface area contributed by atoms with Crippen LogP contribution in [0.1, 0.15) is 12.8 Å². The smallest absolute Gasteiger partial charge is 0.247 e. The van der Waals surface area contributed by atoms with Gasteiger partial charge in [0.2, 0.25) is 15.0 Å². The first-order valence-electron chi connectivity index (χ1n) is 5.49. The molecule has 0 aromatic carbocycles. The van der Waals surface area contributed by atoms with Gasteiger partial charge in [0, 0.05) is 0 Å². The second-order valence-electron chi connectivity index (χ2n) is 4.18. The third kappa shape index (κ3) is 3.19. The van der Waals surface area contributed by atoms with E-state index in [-0.39, 0.29) is 16.8 Å². The van der Waals surface area contributed by atoms with E-state index >= 15 is 0 Å². The topological polar surface area (TPSA) is 72.0 Å². The molecule has 0 unspecified atom stereocenters. The highest BCUT2D eigenvalue weighted by Crippen LogP contribution is 2.15. The third-order valence-electron chi connectivity index (χ3n) is 2.73. The molecule has 1 aromatic heterocycles. The number of nitrogens with zero attached hydrogens (tertiary/aromatic N) is 2. The molecule has 94 valence electrons. The zero-order chi connectivity index (χ0) is 12.3. The predicted octanol–water partition coefficient (Wildman–Crippen LogP) is 0.389. The molecule has 0 aliphatic carbocycles. The number of hydrogen-bond donors (Lipinski definition) is 1. The number of nitrogens with one attached hydrogen (secondary N) is 1. The summed E-state index contributed by atoms with van der Waals surface area (Å²) >= 11 is 0. The van der Waals surface area contributed by atoms with Crippen molar-refractivity contribution in [2.45, 2.75) is 18.0 Å². The molecule has 0 bridgehead atoms. The van der Waals surface area contributed by atoms with E-state index < -0.39 is 15.7 Å². The van der Waals surface area contributed by atoms with E-state index in [9.17, 15) is 12.8 Å². The molecule has 1 atom stereocenters. The third-order valence-corrected chi connectivity index (χ3v) is 4.41. The van der Waals surface area contributed by atoms with Crippen molar-refractivity contribution in [1.82, 2.24) is 15.3 Å². The van der Waals surface area contributed by atoms with E-state index in [1.54, 1.807) is 0 Å². The Labute approximate surface area is 99.4 Å². The number of aromatic nitrogens is 2. The first-order valence-corrected chi connectivity index (χ1v) is 7.14. The van der Waals surface area contributed by atoms with Crippen molar-refractivity contribution >= 4 is 9.84 Å². The molecule has 2 rings (SSSR count). The first-order chi connectivity index (χ1) is 8.08. The van der Waals surface area contributed by atoms with Gasteiger partial charge in [-0.05, 0) is 31.8 Å². The van der Waals surface area contributed by atoms with Crippen molar-refractivity contribution in [2.24, 2.45) is 5.92 Å². The monoisotopic (exact) mass is 259 g/mol. The Kier molecular flexibility index (Phi) is 3.68. The van der Waals surface area contributed by atoms with Gasteiger partial charge >= 0.3 is 0 Å². The van der Waals surface area contributed by atoms with Crippen molar-refractivity contribution in [3.8, 4) is 0 Å². The van der Waals surface area contributed by atoms with E-state index in [1.165, 1.54) is 0 Å². The van der Waals surface area contributed by atoms with Gasteiger partial charge in [0.1, 0.15) is 0 Å². The Bertz CT molecular complexity index is 469. The lowest BCUT2D eigenvalue weighted by Crippen LogP contribution is -2.34. The van der Waals surface area contributed by atoms with Crippen LogP contribution in [0.5, 0.6) is 0 Å². The van der Waals surface area contributed by atoms with E-state index in [2.05, 4.69) is 15.3 Å². The SMILES string of the molecule is O=S(=O)(C[C@@H]1CCCNC1)c1ncc(F)cn1. The molecule has 0 saturated carbocycles. The minimum Gasteiger partial charge on any atom is -0.316 e. The molecule has 0 amide bonds. The zero-order valence-corrected chi connectivity index (χ0v) is 10.1. The van der Waals surface area contributed by atoms with Crippen LogP contribution in [0.2, 0.25) is 0 Å². The summed E-state index contributed by atoms with van der Waals surface area (Å²) in [5.41, 5.74) is 0. The molecule has 17 heavy (non-hydrogen) atoms. The average Bonchev–Trinajstić information content (AvgIpc) is 2.30. The van der Waals surface area contributed by atoms with E-state index in [0.29, 0.717) is 6.54 Å². The maximum atomic E-state index is 12.6. The molecule has 1 aliphatic heterocycles. The molecule has 0 radical (unpaired) electrons. The average molecular weight is 259 g/mol. The number of hydrogen-bond acceptors (Lipinski definition) is 5. The van der Waals surface area contributed by atoms with Crippen molar-refractivity contribution in [3.63, 3.8) is 0 Å². The molecule has 2 heterocycles. The maximum Gasteiger partial charge on any atom is 0.247 e. The normalized spacial score (nSPS) is 21.4. The molecule has 1 N–H and O–H groups in total. The van der Waals surface area contributed by atoms with Crippen molar-refractivity contribution in [3.05, 3.63) is 18.2 Å². The fraction of sp³-hybridized carbons (Fsp3) is 0.600. The maximum absolute atomic E-state index is 12.6. The summed E-state index contributed by atoms with van der Waals surface area (Å²) in [7, 11) is -3.51. The van der Waals surface area contributed by atoms with Crippen LogP contribution in [-0.4, -0.2) is 37.2 Å². The highest BCUT2D eigenvalue weighted by molar-refractivity contribution is 7.91. The van der Waals surface area contributed by atoms with Gasteiger partial charge in [0.05, 0.1) is 18.1 Å². The van der Waals surface area contributed by atoms with E-state index in [0.717, 1.165) is 31.8 Å². The van der Waals surface area contributed by atoms with Gasteiger partial charge in [-0.1, -0.05) is 0 Å². The molecular weight excluding hydrogens is 245 g/mol. The van der Waals surface area contributed by atoms with Gasteiger partial charge in [-0.2, -0.15) is 0 Å². The second-order valence-corrected chi connectivity index (χ2v) is 6.11. The fourth-order valence-corrected chi connectivity index (χ4v) is 3.39. The molecule has 1 saturated heterocycles. The van der Waals surface area contributed by atoms with Crippen LogP contribution >= 0.6 is 0 Å². The Hall–Kier alpha value is -1.08. The summed E-state index contributed by atoms with van der Waals surface area (Å²) in [6.07, 6.45) is 3.61. The van der Waals surface area contributed by atoms with Gasteiger partial charge in [-0.15, -0.1) is 0 Å². The van der Waals surface area contributed by atoms with Crippen LogP contribution in [0, 0.1) is 11.7 Å². The van der Waals surface area contributed by atoms with Crippen LogP contribution in [0.15, 0.2) is 17.6 Å². The second kappa shape index (κ2) is 5.05. The molecule has 0 spiro atoms. The molecule has 1 aromatic rings. The molecule has 7 heteroatoms. The molecule has 1 fully saturated rings. The van der Waals surface area contributed by atoms with Crippen LogP contribution < -0.4 is 5.32 Å². The number of piperidine rings is 1. The number of rotatable bonds is 3. The number of halogens is 1.